The number of benzene rings is 2. The summed E-state index contributed by atoms with van der Waals surface area (Å²) in [6.07, 6.45) is 4.61. The Bertz CT molecular complexity index is 891. The van der Waals surface area contributed by atoms with Gasteiger partial charge in [-0.25, -0.2) is 0 Å². The number of carbonyl (C=O) groups is 1. The van der Waals surface area contributed by atoms with Gasteiger partial charge in [0.1, 0.15) is 0 Å². The number of carbonyl (C=O) groups excluding carboxylic acids is 1. The van der Waals surface area contributed by atoms with Gasteiger partial charge >= 0.3 is 0 Å². The Labute approximate surface area is 155 Å². The van der Waals surface area contributed by atoms with E-state index in [0.29, 0.717) is 12.5 Å². The Morgan fingerprint density at radius 1 is 1.20 bits per heavy atom. The molecule has 1 N–H and O–H groups in total. The van der Waals surface area contributed by atoms with E-state index in [-0.39, 0.29) is 11.8 Å². The number of rotatable bonds is 5. The molecule has 2 atom stereocenters. The van der Waals surface area contributed by atoms with Crippen LogP contribution in [0.3, 0.4) is 0 Å². The average Bonchev–Trinajstić information content (AvgIpc) is 3.25. The second kappa shape index (κ2) is 6.84. The molecule has 4 nitrogen and oxygen atoms in total. The Morgan fingerprint density at radius 3 is 2.88 bits per heavy atom. The van der Waals surface area contributed by atoms with Crippen molar-refractivity contribution in [1.82, 2.24) is 9.78 Å². The number of anilines is 1. The summed E-state index contributed by atoms with van der Waals surface area (Å²) in [6.45, 7) is 0.695. The summed E-state index contributed by atoms with van der Waals surface area (Å²) in [4.78, 5) is 12.5. The number of hydrogen-bond acceptors (Lipinski definition) is 2. The highest BCUT2D eigenvalue weighted by molar-refractivity contribution is 9.10. The molecule has 1 saturated carbocycles. The van der Waals surface area contributed by atoms with Crippen molar-refractivity contribution in [2.24, 2.45) is 5.92 Å². The lowest BCUT2D eigenvalue weighted by Gasteiger charge is -2.08. The highest BCUT2D eigenvalue weighted by Gasteiger charge is 2.43. The number of amides is 1. The van der Waals surface area contributed by atoms with Gasteiger partial charge in [0, 0.05) is 28.5 Å². The lowest BCUT2D eigenvalue weighted by atomic mass is 10.1. The molecule has 4 rings (SSSR count). The third-order valence-corrected chi connectivity index (χ3v) is 5.00. The standard InChI is InChI=1S/C20H18BrN3O/c21-16-6-2-5-15(11-16)18-12-19(18)20(25)23-17-7-1-4-14(10-17)13-24-9-3-8-22-24/h1-11,18-19H,12-13H2,(H,23,25)/t18-,19-/m1/s1. The number of nitrogens with zero attached hydrogens (tertiary/aromatic N) is 2. The maximum atomic E-state index is 12.5. The molecular formula is C20H18BrN3O. The third kappa shape index (κ3) is 3.82. The van der Waals surface area contributed by atoms with E-state index in [1.54, 1.807) is 6.20 Å². The van der Waals surface area contributed by atoms with Crippen LogP contribution in [0.25, 0.3) is 0 Å². The lowest BCUT2D eigenvalue weighted by molar-refractivity contribution is -0.117. The third-order valence-electron chi connectivity index (χ3n) is 4.50. The van der Waals surface area contributed by atoms with Gasteiger partial charge in [0.15, 0.2) is 0 Å². The van der Waals surface area contributed by atoms with Crippen molar-refractivity contribution in [3.63, 3.8) is 0 Å². The van der Waals surface area contributed by atoms with E-state index in [2.05, 4.69) is 38.5 Å². The molecule has 0 spiro atoms. The van der Waals surface area contributed by atoms with Gasteiger partial charge < -0.3 is 5.32 Å². The molecule has 0 radical (unpaired) electrons. The minimum absolute atomic E-state index is 0.0593. The lowest BCUT2D eigenvalue weighted by Crippen LogP contribution is -2.14. The normalized spacial score (nSPS) is 18.8. The van der Waals surface area contributed by atoms with Crippen molar-refractivity contribution in [2.75, 3.05) is 5.32 Å². The van der Waals surface area contributed by atoms with Crippen LogP contribution >= 0.6 is 15.9 Å². The molecule has 2 aromatic carbocycles. The molecular weight excluding hydrogens is 378 g/mol. The van der Waals surface area contributed by atoms with E-state index in [0.717, 1.165) is 22.1 Å². The molecule has 5 heteroatoms. The smallest absolute Gasteiger partial charge is 0.228 e. The van der Waals surface area contributed by atoms with Crippen molar-refractivity contribution in [3.8, 4) is 0 Å². The summed E-state index contributed by atoms with van der Waals surface area (Å²) in [7, 11) is 0. The average molecular weight is 396 g/mol. The van der Waals surface area contributed by atoms with Crippen LogP contribution in [0, 0.1) is 5.92 Å². The first-order valence-corrected chi connectivity index (χ1v) is 9.11. The zero-order chi connectivity index (χ0) is 17.2. The molecule has 0 aliphatic heterocycles. The summed E-state index contributed by atoms with van der Waals surface area (Å²) in [5.41, 5.74) is 3.18. The van der Waals surface area contributed by atoms with Gasteiger partial charge in [0.05, 0.1) is 6.54 Å². The first-order valence-electron chi connectivity index (χ1n) is 8.32. The van der Waals surface area contributed by atoms with Crippen LogP contribution in [0.4, 0.5) is 5.69 Å². The van der Waals surface area contributed by atoms with E-state index < -0.39 is 0 Å². The van der Waals surface area contributed by atoms with Crippen LogP contribution in [0.5, 0.6) is 0 Å². The monoisotopic (exact) mass is 395 g/mol. The van der Waals surface area contributed by atoms with Crippen LogP contribution in [-0.2, 0) is 11.3 Å². The largest absolute Gasteiger partial charge is 0.326 e. The number of halogens is 1. The molecule has 0 bridgehead atoms. The zero-order valence-corrected chi connectivity index (χ0v) is 15.2. The predicted octanol–water partition coefficient (Wildman–Crippen LogP) is 4.44. The van der Waals surface area contributed by atoms with Crippen molar-refractivity contribution in [3.05, 3.63) is 82.6 Å². The Kier molecular flexibility index (Phi) is 4.40. The van der Waals surface area contributed by atoms with Crippen molar-refractivity contribution in [1.29, 1.82) is 0 Å². The van der Waals surface area contributed by atoms with Crippen LogP contribution in [0.2, 0.25) is 0 Å². The minimum atomic E-state index is 0.0593. The van der Waals surface area contributed by atoms with Gasteiger partial charge in [0.2, 0.25) is 5.91 Å². The highest BCUT2D eigenvalue weighted by Crippen LogP contribution is 2.48. The molecule has 3 aromatic rings. The van der Waals surface area contributed by atoms with Gasteiger partial charge in [-0.05, 0) is 53.8 Å². The van der Waals surface area contributed by atoms with Crippen LogP contribution in [0.15, 0.2) is 71.5 Å². The van der Waals surface area contributed by atoms with Crippen molar-refractivity contribution in [2.45, 2.75) is 18.9 Å². The summed E-state index contributed by atoms with van der Waals surface area (Å²) in [5.74, 6) is 0.482. The number of nitrogens with one attached hydrogen (secondary N) is 1. The van der Waals surface area contributed by atoms with Gasteiger partial charge in [-0.2, -0.15) is 5.10 Å². The van der Waals surface area contributed by atoms with E-state index >= 15 is 0 Å². The summed E-state index contributed by atoms with van der Waals surface area (Å²) < 4.78 is 2.92. The molecule has 1 aliphatic rings. The van der Waals surface area contributed by atoms with Crippen molar-refractivity contribution < 1.29 is 4.79 Å². The number of aromatic nitrogens is 2. The Balaban J connectivity index is 1.40. The summed E-state index contributed by atoms with van der Waals surface area (Å²) >= 11 is 3.49. The van der Waals surface area contributed by atoms with E-state index in [1.165, 1.54) is 5.56 Å². The summed E-state index contributed by atoms with van der Waals surface area (Å²) in [5, 5.41) is 7.27. The van der Waals surface area contributed by atoms with Crippen molar-refractivity contribution >= 4 is 27.5 Å². The maximum Gasteiger partial charge on any atom is 0.228 e. The van der Waals surface area contributed by atoms with Crippen LogP contribution in [-0.4, -0.2) is 15.7 Å². The van der Waals surface area contributed by atoms with E-state index in [1.807, 2.05) is 53.3 Å². The molecule has 1 heterocycles. The zero-order valence-electron chi connectivity index (χ0n) is 13.6. The fraction of sp³-hybridized carbons (Fsp3) is 0.200. The molecule has 1 fully saturated rings. The minimum Gasteiger partial charge on any atom is -0.326 e. The molecule has 0 saturated heterocycles. The van der Waals surface area contributed by atoms with Crippen LogP contribution in [0.1, 0.15) is 23.5 Å². The summed E-state index contributed by atoms with van der Waals surface area (Å²) in [6, 6.07) is 18.1. The SMILES string of the molecule is O=C(Nc1cccc(Cn2cccn2)c1)[C@@H]1C[C@@H]1c1cccc(Br)c1. The van der Waals surface area contributed by atoms with Crippen LogP contribution < -0.4 is 5.32 Å². The first kappa shape index (κ1) is 16.1. The first-order chi connectivity index (χ1) is 12.2. The van der Waals surface area contributed by atoms with E-state index in [9.17, 15) is 4.79 Å². The fourth-order valence-electron chi connectivity index (χ4n) is 3.15. The molecule has 1 aliphatic carbocycles. The second-order valence-electron chi connectivity index (χ2n) is 6.40. The molecule has 1 aromatic heterocycles. The molecule has 126 valence electrons. The highest BCUT2D eigenvalue weighted by atomic mass is 79.9. The van der Waals surface area contributed by atoms with E-state index in [4.69, 9.17) is 0 Å². The molecule has 1 amide bonds. The number of hydrogen-bond donors (Lipinski definition) is 1. The van der Waals surface area contributed by atoms with Gasteiger partial charge in [-0.15, -0.1) is 0 Å². The van der Waals surface area contributed by atoms with Gasteiger partial charge in [0.25, 0.3) is 0 Å². The Hall–Kier alpha value is -2.40. The Morgan fingerprint density at radius 2 is 2.08 bits per heavy atom. The topological polar surface area (TPSA) is 46.9 Å². The molecule has 25 heavy (non-hydrogen) atoms. The van der Waals surface area contributed by atoms with Gasteiger partial charge in [-0.1, -0.05) is 40.2 Å². The molecule has 0 unspecified atom stereocenters. The second-order valence-corrected chi connectivity index (χ2v) is 7.31. The quantitative estimate of drug-likeness (QED) is 0.693. The van der Waals surface area contributed by atoms with Gasteiger partial charge in [-0.3, -0.25) is 9.48 Å². The predicted molar refractivity (Wildman–Crippen MR) is 101 cm³/mol. The fourth-order valence-corrected chi connectivity index (χ4v) is 3.57. The maximum absolute atomic E-state index is 12.5.